The summed E-state index contributed by atoms with van der Waals surface area (Å²) in [4.78, 5) is 29.7. The number of aromatic nitrogens is 2. The van der Waals surface area contributed by atoms with Crippen molar-refractivity contribution in [3.05, 3.63) is 82.3 Å². The Morgan fingerprint density at radius 3 is 2.50 bits per heavy atom. The third kappa shape index (κ3) is 3.78. The highest BCUT2D eigenvalue weighted by Crippen LogP contribution is 2.44. The van der Waals surface area contributed by atoms with Crippen molar-refractivity contribution < 1.29 is 9.53 Å². The molecule has 0 aliphatic heterocycles. The number of ether oxygens (including phenoxy) is 1. The molecule has 0 saturated heterocycles. The van der Waals surface area contributed by atoms with Crippen LogP contribution < -0.4 is 10.9 Å². The second-order valence-electron chi connectivity index (χ2n) is 7.83. The average molecular weight is 403 g/mol. The van der Waals surface area contributed by atoms with Gasteiger partial charge in [-0.15, -0.1) is 0 Å². The van der Waals surface area contributed by atoms with Gasteiger partial charge in [0.1, 0.15) is 5.82 Å². The Morgan fingerprint density at radius 1 is 1.13 bits per heavy atom. The Morgan fingerprint density at radius 2 is 1.87 bits per heavy atom. The quantitative estimate of drug-likeness (QED) is 0.679. The van der Waals surface area contributed by atoms with Crippen LogP contribution in [-0.2, 0) is 22.2 Å². The van der Waals surface area contributed by atoms with E-state index in [0.29, 0.717) is 11.7 Å². The van der Waals surface area contributed by atoms with Crippen molar-refractivity contribution in [3.63, 3.8) is 0 Å². The zero-order valence-electron chi connectivity index (χ0n) is 17.4. The van der Waals surface area contributed by atoms with Crippen molar-refractivity contribution in [3.8, 4) is 11.3 Å². The monoisotopic (exact) mass is 403 g/mol. The van der Waals surface area contributed by atoms with Gasteiger partial charge in [0.2, 0.25) is 5.56 Å². The first-order valence-corrected chi connectivity index (χ1v) is 10.0. The number of carbonyl (C=O) groups is 1. The molecule has 1 aliphatic carbocycles. The molecule has 30 heavy (non-hydrogen) atoms. The molecular weight excluding hydrogens is 378 g/mol. The van der Waals surface area contributed by atoms with Crippen molar-refractivity contribution in [2.24, 2.45) is 7.05 Å². The van der Waals surface area contributed by atoms with Gasteiger partial charge in [0.05, 0.1) is 5.69 Å². The number of aryl methyl sites for hydroxylation is 1. The summed E-state index contributed by atoms with van der Waals surface area (Å²) in [7, 11) is 3.24. The summed E-state index contributed by atoms with van der Waals surface area (Å²) in [6.07, 6.45) is 4.04. The fraction of sp³-hybridized carbons (Fsp3) is 0.292. The SMILES string of the molecule is COC(C)(C(=O)Nc1ccc(C2CC2)c(-c2ccc(=O)n(C)c2)n1)c1ccccc1. The standard InChI is InChI=1S/C24H25N3O3/c1-24(30-3,18-7-5-4-6-8-18)23(29)26-20-13-12-19(16-9-10-16)22(25-20)17-11-14-21(28)27(2)15-17/h4-8,11-16H,9-10H2,1-3H3,(H,25,26,29). The average Bonchev–Trinajstić information content (AvgIpc) is 3.61. The maximum Gasteiger partial charge on any atom is 0.262 e. The van der Waals surface area contributed by atoms with Crippen LogP contribution in [0.2, 0.25) is 0 Å². The van der Waals surface area contributed by atoms with Gasteiger partial charge in [-0.2, -0.15) is 0 Å². The van der Waals surface area contributed by atoms with E-state index in [1.165, 1.54) is 17.7 Å². The van der Waals surface area contributed by atoms with Crippen LogP contribution in [0.4, 0.5) is 5.82 Å². The molecule has 1 N–H and O–H groups in total. The molecule has 3 aromatic rings. The van der Waals surface area contributed by atoms with Crippen molar-refractivity contribution in [2.75, 3.05) is 12.4 Å². The Bertz CT molecular complexity index is 1140. The lowest BCUT2D eigenvalue weighted by atomic mass is 9.94. The van der Waals surface area contributed by atoms with Gasteiger partial charge in [0, 0.05) is 32.0 Å². The lowest BCUT2D eigenvalue weighted by molar-refractivity contribution is -0.136. The highest BCUT2D eigenvalue weighted by Gasteiger charge is 2.35. The van der Waals surface area contributed by atoms with Gasteiger partial charge in [0.15, 0.2) is 5.60 Å². The normalized spacial score (nSPS) is 15.4. The van der Waals surface area contributed by atoms with Crippen LogP contribution >= 0.6 is 0 Å². The van der Waals surface area contributed by atoms with Crippen molar-refractivity contribution >= 4 is 11.7 Å². The molecule has 0 radical (unpaired) electrons. The van der Waals surface area contributed by atoms with Gasteiger partial charge >= 0.3 is 0 Å². The van der Waals surface area contributed by atoms with Gasteiger partial charge < -0.3 is 14.6 Å². The molecule has 2 aromatic heterocycles. The Labute approximate surface area is 175 Å². The summed E-state index contributed by atoms with van der Waals surface area (Å²) in [5.41, 5.74) is 2.34. The summed E-state index contributed by atoms with van der Waals surface area (Å²) in [5, 5.41) is 2.91. The van der Waals surface area contributed by atoms with E-state index in [1.807, 2.05) is 42.5 Å². The summed E-state index contributed by atoms with van der Waals surface area (Å²) in [6, 6.07) is 16.5. The van der Waals surface area contributed by atoms with E-state index >= 15 is 0 Å². The fourth-order valence-electron chi connectivity index (χ4n) is 3.56. The number of carbonyl (C=O) groups excluding carboxylic acids is 1. The Balaban J connectivity index is 1.69. The number of pyridine rings is 2. The van der Waals surface area contributed by atoms with Crippen LogP contribution in [0.5, 0.6) is 0 Å². The van der Waals surface area contributed by atoms with E-state index in [1.54, 1.807) is 26.2 Å². The molecule has 1 atom stereocenters. The minimum Gasteiger partial charge on any atom is -0.364 e. The molecular formula is C24H25N3O3. The first-order valence-electron chi connectivity index (χ1n) is 10.0. The van der Waals surface area contributed by atoms with Gasteiger partial charge in [-0.25, -0.2) is 4.98 Å². The predicted molar refractivity (Wildman–Crippen MR) is 116 cm³/mol. The Hall–Kier alpha value is -3.25. The third-order valence-corrected chi connectivity index (χ3v) is 5.71. The molecule has 1 saturated carbocycles. The maximum absolute atomic E-state index is 13.1. The number of nitrogens with zero attached hydrogens (tertiary/aromatic N) is 2. The Kier molecular flexibility index (Phi) is 5.26. The molecule has 154 valence electrons. The second kappa shape index (κ2) is 7.88. The molecule has 0 bridgehead atoms. The first kappa shape index (κ1) is 20.0. The van der Waals surface area contributed by atoms with E-state index < -0.39 is 5.60 Å². The lowest BCUT2D eigenvalue weighted by Crippen LogP contribution is -2.39. The van der Waals surface area contributed by atoms with Crippen LogP contribution in [0.15, 0.2) is 65.6 Å². The largest absolute Gasteiger partial charge is 0.364 e. The summed E-state index contributed by atoms with van der Waals surface area (Å²) in [6.45, 7) is 1.74. The summed E-state index contributed by atoms with van der Waals surface area (Å²) in [5.74, 6) is 0.629. The first-order chi connectivity index (χ1) is 14.4. The molecule has 6 heteroatoms. The van der Waals surface area contributed by atoms with Crippen LogP contribution in [0, 0.1) is 0 Å². The molecule has 6 nitrogen and oxygen atoms in total. The fourth-order valence-corrected chi connectivity index (χ4v) is 3.56. The van der Waals surface area contributed by atoms with Crippen LogP contribution in [0.1, 0.15) is 36.8 Å². The molecule has 0 spiro atoms. The molecule has 1 amide bonds. The van der Waals surface area contributed by atoms with E-state index in [-0.39, 0.29) is 11.5 Å². The minimum absolute atomic E-state index is 0.0742. The van der Waals surface area contributed by atoms with Crippen molar-refractivity contribution in [1.82, 2.24) is 9.55 Å². The number of nitrogens with one attached hydrogen (secondary N) is 1. The van der Waals surface area contributed by atoms with Crippen molar-refractivity contribution in [1.29, 1.82) is 0 Å². The molecule has 1 aromatic carbocycles. The summed E-state index contributed by atoms with van der Waals surface area (Å²) < 4.78 is 7.13. The number of methoxy groups -OCH3 is 1. The molecule has 2 heterocycles. The van der Waals surface area contributed by atoms with Crippen LogP contribution in [0.3, 0.4) is 0 Å². The minimum atomic E-state index is -1.14. The third-order valence-electron chi connectivity index (χ3n) is 5.71. The number of hydrogen-bond donors (Lipinski definition) is 1. The summed E-state index contributed by atoms with van der Waals surface area (Å²) >= 11 is 0. The van der Waals surface area contributed by atoms with E-state index in [4.69, 9.17) is 9.72 Å². The van der Waals surface area contributed by atoms with Crippen LogP contribution in [-0.4, -0.2) is 22.6 Å². The second-order valence-corrected chi connectivity index (χ2v) is 7.83. The lowest BCUT2D eigenvalue weighted by Gasteiger charge is -2.27. The van der Waals surface area contributed by atoms with E-state index in [2.05, 4.69) is 5.32 Å². The highest BCUT2D eigenvalue weighted by atomic mass is 16.5. The number of hydrogen-bond acceptors (Lipinski definition) is 4. The topological polar surface area (TPSA) is 73.2 Å². The zero-order chi connectivity index (χ0) is 21.3. The predicted octanol–water partition coefficient (Wildman–Crippen LogP) is 3.83. The molecule has 1 aliphatic rings. The number of anilines is 1. The number of rotatable bonds is 6. The highest BCUT2D eigenvalue weighted by molar-refractivity contribution is 5.97. The van der Waals surface area contributed by atoms with Gasteiger partial charge in [0.25, 0.3) is 5.91 Å². The smallest absolute Gasteiger partial charge is 0.262 e. The molecule has 1 unspecified atom stereocenters. The van der Waals surface area contributed by atoms with Gasteiger partial charge in [-0.3, -0.25) is 9.59 Å². The molecule has 4 rings (SSSR count). The van der Waals surface area contributed by atoms with E-state index in [9.17, 15) is 9.59 Å². The van der Waals surface area contributed by atoms with Crippen molar-refractivity contribution in [2.45, 2.75) is 31.3 Å². The maximum atomic E-state index is 13.1. The number of benzene rings is 1. The molecule has 1 fully saturated rings. The van der Waals surface area contributed by atoms with E-state index in [0.717, 1.165) is 35.2 Å². The zero-order valence-corrected chi connectivity index (χ0v) is 17.4. The van der Waals surface area contributed by atoms with Crippen LogP contribution in [0.25, 0.3) is 11.3 Å². The number of amides is 1. The van der Waals surface area contributed by atoms with Gasteiger partial charge in [-0.05, 0) is 48.9 Å². The van der Waals surface area contributed by atoms with Gasteiger partial charge in [-0.1, -0.05) is 36.4 Å².